The highest BCUT2D eigenvalue weighted by atomic mass is 35.5. The normalized spacial score (nSPS) is 19.4. The SMILES string of the molecule is CN(Cc1cccc(Cl)c1)C1(CN)CCCCCC1. The molecule has 1 aromatic rings. The van der Waals surface area contributed by atoms with Gasteiger partial charge in [0.2, 0.25) is 0 Å². The topological polar surface area (TPSA) is 29.3 Å². The second-order valence-corrected chi connectivity index (χ2v) is 6.27. The van der Waals surface area contributed by atoms with Crippen LogP contribution in [0.4, 0.5) is 0 Å². The Balaban J connectivity index is 2.09. The quantitative estimate of drug-likeness (QED) is 0.850. The Bertz CT molecular complexity index is 397. The molecule has 0 aliphatic heterocycles. The van der Waals surface area contributed by atoms with Crippen LogP contribution in [0, 0.1) is 0 Å². The Morgan fingerprint density at radius 1 is 1.21 bits per heavy atom. The number of nitrogens with zero attached hydrogens (tertiary/aromatic N) is 1. The van der Waals surface area contributed by atoms with E-state index in [2.05, 4.69) is 24.1 Å². The van der Waals surface area contributed by atoms with Crippen LogP contribution >= 0.6 is 11.6 Å². The summed E-state index contributed by atoms with van der Waals surface area (Å²) in [6.45, 7) is 1.68. The lowest BCUT2D eigenvalue weighted by atomic mass is 9.88. The van der Waals surface area contributed by atoms with Crippen LogP contribution < -0.4 is 5.73 Å². The first-order valence-electron chi connectivity index (χ1n) is 7.32. The fourth-order valence-corrected chi connectivity index (χ4v) is 3.42. The minimum atomic E-state index is 0.179. The maximum absolute atomic E-state index is 6.12. The summed E-state index contributed by atoms with van der Waals surface area (Å²) >= 11 is 6.07. The number of hydrogen-bond acceptors (Lipinski definition) is 2. The summed E-state index contributed by atoms with van der Waals surface area (Å²) in [4.78, 5) is 2.45. The van der Waals surface area contributed by atoms with Crippen molar-refractivity contribution in [3.05, 3.63) is 34.9 Å². The van der Waals surface area contributed by atoms with Crippen LogP contribution in [0.2, 0.25) is 5.02 Å². The molecule has 0 aromatic heterocycles. The van der Waals surface area contributed by atoms with E-state index in [1.54, 1.807) is 0 Å². The van der Waals surface area contributed by atoms with Crippen molar-refractivity contribution in [2.45, 2.75) is 50.6 Å². The smallest absolute Gasteiger partial charge is 0.0409 e. The third kappa shape index (κ3) is 3.71. The largest absolute Gasteiger partial charge is 0.329 e. The van der Waals surface area contributed by atoms with E-state index in [0.29, 0.717) is 0 Å². The van der Waals surface area contributed by atoms with Crippen molar-refractivity contribution in [2.24, 2.45) is 5.73 Å². The monoisotopic (exact) mass is 280 g/mol. The number of likely N-dealkylation sites (N-methyl/N-ethyl adjacent to an activating group) is 1. The van der Waals surface area contributed by atoms with Crippen molar-refractivity contribution in [2.75, 3.05) is 13.6 Å². The molecule has 0 saturated heterocycles. The van der Waals surface area contributed by atoms with Gasteiger partial charge in [0.15, 0.2) is 0 Å². The van der Waals surface area contributed by atoms with Crippen molar-refractivity contribution < 1.29 is 0 Å². The fourth-order valence-electron chi connectivity index (χ4n) is 3.21. The predicted molar refractivity (Wildman–Crippen MR) is 82.4 cm³/mol. The highest BCUT2D eigenvalue weighted by molar-refractivity contribution is 6.30. The minimum absolute atomic E-state index is 0.179. The number of halogens is 1. The number of hydrogen-bond donors (Lipinski definition) is 1. The molecular weight excluding hydrogens is 256 g/mol. The number of benzene rings is 1. The van der Waals surface area contributed by atoms with Gasteiger partial charge in [0.05, 0.1) is 0 Å². The van der Waals surface area contributed by atoms with Gasteiger partial charge in [0.25, 0.3) is 0 Å². The van der Waals surface area contributed by atoms with Gasteiger partial charge in [-0.05, 0) is 37.6 Å². The van der Waals surface area contributed by atoms with Crippen LogP contribution in [-0.4, -0.2) is 24.0 Å². The van der Waals surface area contributed by atoms with Crippen molar-refractivity contribution >= 4 is 11.6 Å². The summed E-state index contributed by atoms with van der Waals surface area (Å²) < 4.78 is 0. The van der Waals surface area contributed by atoms with Crippen molar-refractivity contribution in [1.29, 1.82) is 0 Å². The highest BCUT2D eigenvalue weighted by Gasteiger charge is 2.33. The molecule has 1 aliphatic rings. The molecular formula is C16H25ClN2. The lowest BCUT2D eigenvalue weighted by Gasteiger charge is -2.41. The van der Waals surface area contributed by atoms with Gasteiger partial charge in [-0.3, -0.25) is 4.90 Å². The van der Waals surface area contributed by atoms with Crippen LogP contribution in [0.15, 0.2) is 24.3 Å². The predicted octanol–water partition coefficient (Wildman–Crippen LogP) is 3.82. The number of nitrogens with two attached hydrogens (primary N) is 1. The first kappa shape index (κ1) is 14.8. The van der Waals surface area contributed by atoms with Crippen LogP contribution in [0.25, 0.3) is 0 Å². The van der Waals surface area contributed by atoms with Crippen LogP contribution in [-0.2, 0) is 6.54 Å². The Morgan fingerprint density at radius 3 is 2.47 bits per heavy atom. The van der Waals surface area contributed by atoms with Crippen molar-refractivity contribution in [3.63, 3.8) is 0 Å². The first-order chi connectivity index (χ1) is 9.16. The lowest BCUT2D eigenvalue weighted by Crippen LogP contribution is -2.51. The van der Waals surface area contributed by atoms with E-state index >= 15 is 0 Å². The molecule has 19 heavy (non-hydrogen) atoms. The molecule has 0 unspecified atom stereocenters. The van der Waals surface area contributed by atoms with Crippen molar-refractivity contribution in [1.82, 2.24) is 4.90 Å². The van der Waals surface area contributed by atoms with Gasteiger partial charge < -0.3 is 5.73 Å². The Kier molecular flexibility index (Phi) is 5.26. The Morgan fingerprint density at radius 2 is 1.89 bits per heavy atom. The molecule has 0 amide bonds. The van der Waals surface area contributed by atoms with Gasteiger partial charge in [0.1, 0.15) is 0 Å². The Hall–Kier alpha value is -0.570. The molecule has 2 rings (SSSR count). The molecule has 1 aromatic carbocycles. The molecule has 106 valence electrons. The summed E-state index contributed by atoms with van der Waals surface area (Å²) in [6, 6.07) is 8.14. The average Bonchev–Trinajstić information content (AvgIpc) is 2.65. The lowest BCUT2D eigenvalue weighted by molar-refractivity contribution is 0.0997. The van der Waals surface area contributed by atoms with E-state index in [4.69, 9.17) is 17.3 Å². The van der Waals surface area contributed by atoms with Gasteiger partial charge in [0, 0.05) is 23.7 Å². The molecule has 1 aliphatic carbocycles. The maximum atomic E-state index is 6.12. The zero-order valence-electron chi connectivity index (χ0n) is 11.9. The average molecular weight is 281 g/mol. The van der Waals surface area contributed by atoms with E-state index in [1.807, 2.05) is 12.1 Å². The standard InChI is InChI=1S/C16H25ClN2/c1-19(12-14-7-6-8-15(17)11-14)16(13-18)9-4-2-3-5-10-16/h6-8,11H,2-5,9-10,12-13,18H2,1H3. The van der Waals surface area contributed by atoms with Gasteiger partial charge >= 0.3 is 0 Å². The van der Waals surface area contributed by atoms with E-state index in [-0.39, 0.29) is 5.54 Å². The molecule has 0 bridgehead atoms. The van der Waals surface area contributed by atoms with Crippen LogP contribution in [0.1, 0.15) is 44.1 Å². The number of rotatable bonds is 4. The molecule has 1 saturated carbocycles. The van der Waals surface area contributed by atoms with Gasteiger partial charge in [-0.25, -0.2) is 0 Å². The van der Waals surface area contributed by atoms with Crippen LogP contribution in [0.5, 0.6) is 0 Å². The second kappa shape index (κ2) is 6.74. The van der Waals surface area contributed by atoms with E-state index < -0.39 is 0 Å². The van der Waals surface area contributed by atoms with Gasteiger partial charge in [-0.2, -0.15) is 0 Å². The summed E-state index contributed by atoms with van der Waals surface area (Å²) in [7, 11) is 2.21. The summed E-state index contributed by atoms with van der Waals surface area (Å²) in [6.07, 6.45) is 7.76. The third-order valence-electron chi connectivity index (χ3n) is 4.53. The van der Waals surface area contributed by atoms with E-state index in [9.17, 15) is 0 Å². The van der Waals surface area contributed by atoms with Crippen molar-refractivity contribution in [3.8, 4) is 0 Å². The van der Waals surface area contributed by atoms with E-state index in [0.717, 1.165) is 18.1 Å². The molecule has 0 spiro atoms. The van der Waals surface area contributed by atoms with E-state index in [1.165, 1.54) is 44.1 Å². The van der Waals surface area contributed by atoms with Crippen LogP contribution in [0.3, 0.4) is 0 Å². The summed E-state index contributed by atoms with van der Waals surface area (Å²) in [5.41, 5.74) is 7.57. The summed E-state index contributed by atoms with van der Waals surface area (Å²) in [5, 5.41) is 0.813. The van der Waals surface area contributed by atoms with Gasteiger partial charge in [-0.1, -0.05) is 49.4 Å². The molecule has 0 radical (unpaired) electrons. The molecule has 0 heterocycles. The highest BCUT2D eigenvalue weighted by Crippen LogP contribution is 2.32. The Labute approximate surface area is 121 Å². The third-order valence-corrected chi connectivity index (χ3v) is 4.77. The maximum Gasteiger partial charge on any atom is 0.0409 e. The minimum Gasteiger partial charge on any atom is -0.329 e. The zero-order chi connectivity index (χ0) is 13.7. The fraction of sp³-hybridized carbons (Fsp3) is 0.625. The molecule has 3 heteroatoms. The second-order valence-electron chi connectivity index (χ2n) is 5.83. The molecule has 0 atom stereocenters. The molecule has 1 fully saturated rings. The molecule has 2 nitrogen and oxygen atoms in total. The summed E-state index contributed by atoms with van der Waals surface area (Å²) in [5.74, 6) is 0. The zero-order valence-corrected chi connectivity index (χ0v) is 12.6. The first-order valence-corrected chi connectivity index (χ1v) is 7.70. The van der Waals surface area contributed by atoms with Gasteiger partial charge in [-0.15, -0.1) is 0 Å². The molecule has 2 N–H and O–H groups in total.